The summed E-state index contributed by atoms with van der Waals surface area (Å²) in [6.07, 6.45) is 0.858. The summed E-state index contributed by atoms with van der Waals surface area (Å²) >= 11 is 5.98. The van der Waals surface area contributed by atoms with Gasteiger partial charge in [-0.1, -0.05) is 48.0 Å². The van der Waals surface area contributed by atoms with Crippen LogP contribution < -0.4 is 5.32 Å². The van der Waals surface area contributed by atoms with Gasteiger partial charge in [-0.15, -0.1) is 0 Å². The molecular formula is C19H18ClFN2O2. The van der Waals surface area contributed by atoms with Crippen molar-refractivity contribution in [1.29, 1.82) is 0 Å². The number of hydrogen-bond acceptors (Lipinski definition) is 2. The van der Waals surface area contributed by atoms with Crippen LogP contribution in [-0.4, -0.2) is 22.8 Å². The van der Waals surface area contributed by atoms with Crippen molar-refractivity contribution in [3.63, 3.8) is 0 Å². The fourth-order valence-corrected chi connectivity index (χ4v) is 3.18. The molecule has 0 unspecified atom stereocenters. The second-order valence-electron chi connectivity index (χ2n) is 6.02. The van der Waals surface area contributed by atoms with Gasteiger partial charge in [0.25, 0.3) is 0 Å². The quantitative estimate of drug-likeness (QED) is 0.889. The van der Waals surface area contributed by atoms with Gasteiger partial charge in [0.05, 0.1) is 0 Å². The number of rotatable bonds is 5. The Hall–Kier alpha value is -2.40. The normalized spacial score (nSPS) is 17.0. The van der Waals surface area contributed by atoms with Crippen molar-refractivity contribution >= 4 is 23.4 Å². The summed E-state index contributed by atoms with van der Waals surface area (Å²) in [6.45, 7) is 0.608. The Morgan fingerprint density at radius 2 is 2.00 bits per heavy atom. The number of halogens is 2. The van der Waals surface area contributed by atoms with E-state index in [-0.39, 0.29) is 23.4 Å². The number of amides is 2. The molecule has 2 aromatic carbocycles. The van der Waals surface area contributed by atoms with E-state index >= 15 is 0 Å². The Morgan fingerprint density at radius 1 is 1.24 bits per heavy atom. The van der Waals surface area contributed by atoms with E-state index in [1.807, 2.05) is 30.3 Å². The number of nitrogens with zero attached hydrogens (tertiary/aromatic N) is 1. The van der Waals surface area contributed by atoms with E-state index in [4.69, 9.17) is 11.6 Å². The predicted molar refractivity (Wildman–Crippen MR) is 93.3 cm³/mol. The molecule has 2 amide bonds. The number of benzene rings is 2. The van der Waals surface area contributed by atoms with Crippen LogP contribution >= 0.6 is 11.6 Å². The van der Waals surface area contributed by atoms with Gasteiger partial charge in [-0.3, -0.25) is 9.59 Å². The molecule has 1 aliphatic heterocycles. The lowest BCUT2D eigenvalue weighted by atomic mass is 10.1. The van der Waals surface area contributed by atoms with E-state index < -0.39 is 11.9 Å². The molecule has 0 saturated carbocycles. The van der Waals surface area contributed by atoms with Crippen molar-refractivity contribution in [2.75, 3.05) is 0 Å². The van der Waals surface area contributed by atoms with Crippen molar-refractivity contribution in [1.82, 2.24) is 10.2 Å². The van der Waals surface area contributed by atoms with Gasteiger partial charge in [-0.05, 0) is 29.7 Å². The highest BCUT2D eigenvalue weighted by Crippen LogP contribution is 2.22. The number of carbonyl (C=O) groups is 2. The third-order valence-corrected chi connectivity index (χ3v) is 4.65. The topological polar surface area (TPSA) is 49.4 Å². The largest absolute Gasteiger partial charge is 0.350 e. The molecule has 1 atom stereocenters. The van der Waals surface area contributed by atoms with Crippen LogP contribution in [0.2, 0.25) is 5.02 Å². The van der Waals surface area contributed by atoms with E-state index in [2.05, 4.69) is 5.32 Å². The minimum atomic E-state index is -0.494. The molecule has 6 heteroatoms. The molecule has 0 bridgehead atoms. The molecule has 0 aromatic heterocycles. The maximum atomic E-state index is 13.1. The van der Waals surface area contributed by atoms with E-state index in [0.717, 1.165) is 5.56 Å². The Bertz CT molecular complexity index is 782. The molecule has 130 valence electrons. The predicted octanol–water partition coefficient (Wildman–Crippen LogP) is 3.29. The SMILES string of the molecule is O=C(NCc1ccc(F)cc1Cl)[C@H]1CCC(=O)N1Cc1ccccc1. The molecule has 4 nitrogen and oxygen atoms in total. The number of hydrogen-bond donors (Lipinski definition) is 1. The van der Waals surface area contributed by atoms with Crippen LogP contribution in [0.4, 0.5) is 4.39 Å². The van der Waals surface area contributed by atoms with Gasteiger partial charge in [0.1, 0.15) is 11.9 Å². The van der Waals surface area contributed by atoms with E-state index in [1.165, 1.54) is 12.1 Å². The monoisotopic (exact) mass is 360 g/mol. The molecule has 0 spiro atoms. The van der Waals surface area contributed by atoms with E-state index in [0.29, 0.717) is 24.9 Å². The zero-order chi connectivity index (χ0) is 17.8. The molecule has 2 aromatic rings. The molecule has 0 aliphatic carbocycles. The van der Waals surface area contributed by atoms with Gasteiger partial charge >= 0.3 is 0 Å². The average Bonchev–Trinajstić information content (AvgIpc) is 2.96. The highest BCUT2D eigenvalue weighted by molar-refractivity contribution is 6.31. The molecule has 1 saturated heterocycles. The molecule has 3 rings (SSSR count). The van der Waals surface area contributed by atoms with Crippen LogP contribution in [0.3, 0.4) is 0 Å². The maximum Gasteiger partial charge on any atom is 0.243 e. The summed E-state index contributed by atoms with van der Waals surface area (Å²) < 4.78 is 13.1. The Morgan fingerprint density at radius 3 is 2.72 bits per heavy atom. The standard InChI is InChI=1S/C19H18ClFN2O2/c20-16-10-15(21)7-6-14(16)11-22-19(25)17-8-9-18(24)23(17)12-13-4-2-1-3-5-13/h1-7,10,17H,8-9,11-12H2,(H,22,25)/t17-/m1/s1. The van der Waals surface area contributed by atoms with Crippen LogP contribution in [0.5, 0.6) is 0 Å². The summed E-state index contributed by atoms with van der Waals surface area (Å²) in [6, 6.07) is 13.1. The average molecular weight is 361 g/mol. The second-order valence-corrected chi connectivity index (χ2v) is 6.42. The smallest absolute Gasteiger partial charge is 0.243 e. The first-order valence-corrected chi connectivity index (χ1v) is 8.47. The fourth-order valence-electron chi connectivity index (χ4n) is 2.95. The van der Waals surface area contributed by atoms with Gasteiger partial charge in [0.2, 0.25) is 11.8 Å². The molecule has 1 heterocycles. The van der Waals surface area contributed by atoms with Gasteiger partial charge in [-0.25, -0.2) is 4.39 Å². The van der Waals surface area contributed by atoms with E-state index in [1.54, 1.807) is 11.0 Å². The third kappa shape index (κ3) is 4.17. The first kappa shape index (κ1) is 17.4. The van der Waals surface area contributed by atoms with Crippen molar-refractivity contribution in [2.24, 2.45) is 0 Å². The van der Waals surface area contributed by atoms with Crippen LogP contribution in [0, 0.1) is 5.82 Å². The lowest BCUT2D eigenvalue weighted by Gasteiger charge is -2.24. The van der Waals surface area contributed by atoms with Gasteiger partial charge in [0.15, 0.2) is 0 Å². The zero-order valence-electron chi connectivity index (χ0n) is 13.5. The lowest BCUT2D eigenvalue weighted by Crippen LogP contribution is -2.44. The number of nitrogens with one attached hydrogen (secondary N) is 1. The Kier molecular flexibility index (Phi) is 5.34. The van der Waals surface area contributed by atoms with E-state index in [9.17, 15) is 14.0 Å². The maximum absolute atomic E-state index is 13.1. The highest BCUT2D eigenvalue weighted by atomic mass is 35.5. The van der Waals surface area contributed by atoms with Crippen LogP contribution in [0.1, 0.15) is 24.0 Å². The Balaban J connectivity index is 1.64. The first-order valence-electron chi connectivity index (χ1n) is 8.09. The van der Waals surface area contributed by atoms with Crippen molar-refractivity contribution in [3.8, 4) is 0 Å². The first-order chi connectivity index (χ1) is 12.0. The summed E-state index contributed by atoms with van der Waals surface area (Å²) in [4.78, 5) is 26.3. The number of likely N-dealkylation sites (tertiary alicyclic amines) is 1. The van der Waals surface area contributed by atoms with Gasteiger partial charge < -0.3 is 10.2 Å². The van der Waals surface area contributed by atoms with Crippen molar-refractivity contribution in [2.45, 2.75) is 32.0 Å². The summed E-state index contributed by atoms with van der Waals surface area (Å²) in [5.41, 5.74) is 1.62. The summed E-state index contributed by atoms with van der Waals surface area (Å²) in [7, 11) is 0. The second kappa shape index (κ2) is 7.66. The number of carbonyl (C=O) groups excluding carboxylic acids is 2. The van der Waals surface area contributed by atoms with Gasteiger partial charge in [0, 0.05) is 24.5 Å². The van der Waals surface area contributed by atoms with Gasteiger partial charge in [-0.2, -0.15) is 0 Å². The summed E-state index contributed by atoms with van der Waals surface area (Å²) in [5, 5.41) is 3.07. The summed E-state index contributed by atoms with van der Waals surface area (Å²) in [5.74, 6) is -0.665. The highest BCUT2D eigenvalue weighted by Gasteiger charge is 2.35. The molecule has 1 fully saturated rings. The van der Waals surface area contributed by atoms with Crippen molar-refractivity contribution in [3.05, 3.63) is 70.5 Å². The Labute approximate surface area is 150 Å². The van der Waals surface area contributed by atoms with Crippen molar-refractivity contribution < 1.29 is 14.0 Å². The molecule has 25 heavy (non-hydrogen) atoms. The minimum Gasteiger partial charge on any atom is -0.350 e. The fraction of sp³-hybridized carbons (Fsp3) is 0.263. The van der Waals surface area contributed by atoms with Crippen LogP contribution in [0.25, 0.3) is 0 Å². The molecule has 1 aliphatic rings. The molecular weight excluding hydrogens is 343 g/mol. The lowest BCUT2D eigenvalue weighted by molar-refractivity contribution is -0.135. The third-order valence-electron chi connectivity index (χ3n) is 4.29. The molecule has 1 N–H and O–H groups in total. The molecule has 0 radical (unpaired) electrons. The van der Waals surface area contributed by atoms with Crippen LogP contribution in [-0.2, 0) is 22.7 Å². The van der Waals surface area contributed by atoms with Crippen LogP contribution in [0.15, 0.2) is 48.5 Å². The zero-order valence-corrected chi connectivity index (χ0v) is 14.3. The minimum absolute atomic E-state index is 0.0242.